The summed E-state index contributed by atoms with van der Waals surface area (Å²) < 4.78 is 35.4. The van der Waals surface area contributed by atoms with Gasteiger partial charge in [0.25, 0.3) is 0 Å². The van der Waals surface area contributed by atoms with Crippen LogP contribution in [0.15, 0.2) is 0 Å². The van der Waals surface area contributed by atoms with Gasteiger partial charge in [0.1, 0.15) is 12.3 Å². The second kappa shape index (κ2) is 3.33. The van der Waals surface area contributed by atoms with Gasteiger partial charge >= 0.3 is 6.18 Å². The molecule has 0 amide bonds. The molecule has 1 N–H and O–H groups in total. The van der Waals surface area contributed by atoms with Crippen LogP contribution >= 0.6 is 0 Å². The lowest BCUT2D eigenvalue weighted by molar-refractivity contribution is -0.122. The van der Waals surface area contributed by atoms with Gasteiger partial charge in [-0.05, 0) is 12.8 Å². The largest absolute Gasteiger partial charge is 0.396 e. The Kier molecular flexibility index (Phi) is 2.59. The van der Waals surface area contributed by atoms with Crippen LogP contribution in [0.5, 0.6) is 0 Å². The molecular weight excluding hydrogens is 169 g/mol. The molecule has 0 radical (unpaired) electrons. The molecule has 0 aromatic heterocycles. The van der Waals surface area contributed by atoms with Crippen LogP contribution in [0.1, 0.15) is 19.3 Å². The van der Waals surface area contributed by atoms with Gasteiger partial charge in [-0.25, -0.2) is 0 Å². The Morgan fingerprint density at radius 3 is 2.17 bits per heavy atom. The Morgan fingerprint density at radius 2 is 1.75 bits per heavy atom. The molecule has 0 unspecified atom stereocenters. The highest BCUT2D eigenvalue weighted by atomic mass is 19.4. The first kappa shape index (κ1) is 9.35. The number of alkyl halides is 3. The van der Waals surface area contributed by atoms with Crippen LogP contribution in [0.25, 0.3) is 0 Å². The maximum absolute atomic E-state index is 11.8. The van der Waals surface area contributed by atoms with Crippen molar-refractivity contribution in [3.63, 3.8) is 0 Å². The highest BCUT2D eigenvalue weighted by molar-refractivity contribution is 5.79. The van der Waals surface area contributed by atoms with Gasteiger partial charge in [0.15, 0.2) is 0 Å². The van der Waals surface area contributed by atoms with Gasteiger partial charge in [0.05, 0.1) is 0 Å². The van der Waals surface area contributed by atoms with E-state index >= 15 is 0 Å². The quantitative estimate of drug-likeness (QED) is 0.485. The van der Waals surface area contributed by atoms with Gasteiger partial charge in [-0.3, -0.25) is 5.41 Å². The van der Waals surface area contributed by atoms with E-state index in [1.807, 2.05) is 0 Å². The maximum atomic E-state index is 11.8. The van der Waals surface area contributed by atoms with Crippen LogP contribution in [0.3, 0.4) is 0 Å². The van der Waals surface area contributed by atoms with Crippen LogP contribution in [-0.2, 0) is 0 Å². The van der Waals surface area contributed by atoms with E-state index in [0.717, 1.165) is 12.8 Å². The number of halogens is 3. The van der Waals surface area contributed by atoms with Crippen molar-refractivity contribution >= 4 is 5.84 Å². The fourth-order valence-corrected chi connectivity index (χ4v) is 1.29. The fourth-order valence-electron chi connectivity index (χ4n) is 1.29. The molecule has 1 heterocycles. The minimum absolute atomic E-state index is 0.292. The molecule has 1 rings (SSSR count). The molecule has 1 fully saturated rings. The van der Waals surface area contributed by atoms with E-state index in [9.17, 15) is 13.2 Å². The summed E-state index contributed by atoms with van der Waals surface area (Å²) in [4.78, 5) is 1.49. The smallest absolute Gasteiger partial charge is 0.360 e. The molecule has 1 aliphatic rings. The van der Waals surface area contributed by atoms with Gasteiger partial charge in [-0.2, -0.15) is 13.2 Å². The summed E-state index contributed by atoms with van der Waals surface area (Å²) in [6.45, 7) is 1.21. The first-order valence-corrected chi connectivity index (χ1v) is 3.88. The maximum Gasteiger partial charge on any atom is 0.396 e. The molecule has 0 bridgehead atoms. The summed E-state index contributed by atoms with van der Waals surface area (Å²) >= 11 is 0. The number of likely N-dealkylation sites (tertiary alicyclic amines) is 1. The summed E-state index contributed by atoms with van der Waals surface area (Å²) in [5.41, 5.74) is 0. The van der Waals surface area contributed by atoms with E-state index in [1.54, 1.807) is 0 Å². The lowest BCUT2D eigenvalue weighted by Crippen LogP contribution is -2.31. The first-order chi connectivity index (χ1) is 5.49. The molecule has 0 spiro atoms. The molecule has 12 heavy (non-hydrogen) atoms. The Hall–Kier alpha value is -0.740. The van der Waals surface area contributed by atoms with Crippen molar-refractivity contribution in [2.24, 2.45) is 0 Å². The van der Waals surface area contributed by atoms with Crippen molar-refractivity contribution in [3.05, 3.63) is 0 Å². The monoisotopic (exact) mass is 180 g/mol. The summed E-state index contributed by atoms with van der Waals surface area (Å²) in [6, 6.07) is 0. The molecule has 0 aliphatic carbocycles. The molecular formula is C7H11F3N2. The molecule has 0 aromatic rings. The Balaban J connectivity index is 2.37. The van der Waals surface area contributed by atoms with Crippen LogP contribution < -0.4 is 0 Å². The lowest BCUT2D eigenvalue weighted by Gasteiger charge is -2.19. The SMILES string of the molecule is N=C(CC(F)(F)F)N1CCCC1. The topological polar surface area (TPSA) is 27.1 Å². The normalized spacial score (nSPS) is 18.4. The van der Waals surface area contributed by atoms with Crippen LogP contribution in [0.4, 0.5) is 13.2 Å². The lowest BCUT2D eigenvalue weighted by atomic mass is 10.3. The van der Waals surface area contributed by atoms with E-state index in [-0.39, 0.29) is 5.84 Å². The van der Waals surface area contributed by atoms with Gasteiger partial charge in [0.2, 0.25) is 0 Å². The zero-order valence-electron chi connectivity index (χ0n) is 6.62. The first-order valence-electron chi connectivity index (χ1n) is 3.88. The minimum atomic E-state index is -4.24. The average molecular weight is 180 g/mol. The minimum Gasteiger partial charge on any atom is -0.360 e. The third-order valence-corrected chi connectivity index (χ3v) is 1.86. The number of rotatable bonds is 1. The fraction of sp³-hybridized carbons (Fsp3) is 0.857. The van der Waals surface area contributed by atoms with Crippen molar-refractivity contribution < 1.29 is 13.2 Å². The van der Waals surface area contributed by atoms with Gasteiger partial charge in [-0.15, -0.1) is 0 Å². The average Bonchev–Trinajstić information content (AvgIpc) is 2.32. The molecule has 0 atom stereocenters. The van der Waals surface area contributed by atoms with E-state index in [0.29, 0.717) is 13.1 Å². The highest BCUT2D eigenvalue weighted by Crippen LogP contribution is 2.22. The van der Waals surface area contributed by atoms with E-state index in [4.69, 9.17) is 5.41 Å². The highest BCUT2D eigenvalue weighted by Gasteiger charge is 2.31. The van der Waals surface area contributed by atoms with Crippen LogP contribution in [0, 0.1) is 5.41 Å². The molecule has 1 saturated heterocycles. The molecule has 2 nitrogen and oxygen atoms in total. The Labute approximate surface area is 68.9 Å². The molecule has 0 saturated carbocycles. The standard InChI is InChI=1S/C7H11F3N2/c8-7(9,10)5-6(11)12-3-1-2-4-12/h11H,1-5H2. The second-order valence-electron chi connectivity index (χ2n) is 2.93. The number of nitrogens with zero attached hydrogens (tertiary/aromatic N) is 1. The van der Waals surface area contributed by atoms with Gasteiger partial charge < -0.3 is 4.90 Å². The van der Waals surface area contributed by atoms with Gasteiger partial charge in [0, 0.05) is 13.1 Å². The number of hydrogen-bond acceptors (Lipinski definition) is 1. The van der Waals surface area contributed by atoms with Crippen molar-refractivity contribution in [1.29, 1.82) is 5.41 Å². The third kappa shape index (κ3) is 2.71. The molecule has 1 aliphatic heterocycles. The summed E-state index contributed by atoms with van der Waals surface area (Å²) in [5.74, 6) is -0.292. The molecule has 70 valence electrons. The zero-order valence-corrected chi connectivity index (χ0v) is 6.62. The van der Waals surface area contributed by atoms with Crippen LogP contribution in [0.2, 0.25) is 0 Å². The number of amidine groups is 1. The van der Waals surface area contributed by atoms with E-state index in [2.05, 4.69) is 0 Å². The third-order valence-electron chi connectivity index (χ3n) is 1.86. The van der Waals surface area contributed by atoms with Crippen LogP contribution in [-0.4, -0.2) is 30.0 Å². The zero-order chi connectivity index (χ0) is 9.19. The number of hydrogen-bond donors (Lipinski definition) is 1. The summed E-state index contributed by atoms with van der Waals surface area (Å²) in [5, 5.41) is 7.15. The Morgan fingerprint density at radius 1 is 1.25 bits per heavy atom. The van der Waals surface area contributed by atoms with Crippen molar-refractivity contribution in [2.75, 3.05) is 13.1 Å². The summed E-state index contributed by atoms with van der Waals surface area (Å²) in [7, 11) is 0. The van der Waals surface area contributed by atoms with Gasteiger partial charge in [-0.1, -0.05) is 0 Å². The van der Waals surface area contributed by atoms with E-state index < -0.39 is 12.6 Å². The summed E-state index contributed by atoms with van der Waals surface area (Å²) in [6.07, 6.45) is -3.52. The molecule has 5 heteroatoms. The Bertz CT molecular complexity index is 170. The predicted molar refractivity (Wildman–Crippen MR) is 39.2 cm³/mol. The van der Waals surface area contributed by atoms with E-state index in [1.165, 1.54) is 4.90 Å². The van der Waals surface area contributed by atoms with Crippen molar-refractivity contribution in [2.45, 2.75) is 25.4 Å². The predicted octanol–water partition coefficient (Wildman–Crippen LogP) is 2.01. The number of nitrogens with one attached hydrogen (secondary N) is 1. The molecule has 0 aromatic carbocycles. The van der Waals surface area contributed by atoms with Crippen molar-refractivity contribution in [3.8, 4) is 0 Å². The second-order valence-corrected chi connectivity index (χ2v) is 2.93. The van der Waals surface area contributed by atoms with Crippen molar-refractivity contribution in [1.82, 2.24) is 4.90 Å².